The van der Waals surface area contributed by atoms with Gasteiger partial charge in [-0.1, -0.05) is 60.6 Å². The highest BCUT2D eigenvalue weighted by atomic mass is 16.6. The second-order valence-electron chi connectivity index (χ2n) is 6.51. The van der Waals surface area contributed by atoms with Gasteiger partial charge in [0.05, 0.1) is 12.3 Å². The normalized spacial score (nSPS) is 15.6. The molecule has 1 aliphatic rings. The van der Waals surface area contributed by atoms with Gasteiger partial charge in [-0.2, -0.15) is 0 Å². The van der Waals surface area contributed by atoms with Crippen molar-refractivity contribution in [3.63, 3.8) is 0 Å². The molecule has 0 fully saturated rings. The van der Waals surface area contributed by atoms with Crippen LogP contribution in [0, 0.1) is 0 Å². The molecule has 0 radical (unpaired) electrons. The number of anilines is 1. The second kappa shape index (κ2) is 9.03. The number of aryl methyl sites for hydroxylation is 1. The highest BCUT2D eigenvalue weighted by molar-refractivity contribution is 6.01. The van der Waals surface area contributed by atoms with Gasteiger partial charge in [0.1, 0.15) is 0 Å². The minimum atomic E-state index is -0.170. The van der Waals surface area contributed by atoms with E-state index in [1.54, 1.807) is 11.0 Å². The number of hydrogen-bond acceptors (Lipinski definition) is 3. The van der Waals surface area contributed by atoms with E-state index >= 15 is 0 Å². The zero-order valence-corrected chi connectivity index (χ0v) is 15.6. The Balaban J connectivity index is 1.58. The average Bonchev–Trinajstić information content (AvgIpc) is 3.17. The molecule has 0 saturated carbocycles. The Kier molecular flexibility index (Phi) is 6.26. The van der Waals surface area contributed by atoms with Gasteiger partial charge in [-0.25, -0.2) is 4.79 Å². The summed E-state index contributed by atoms with van der Waals surface area (Å²) < 4.78 is 0. The number of urea groups is 1. The fraction of sp³-hybridized carbons (Fsp3) is 0.273. The zero-order chi connectivity index (χ0) is 19.1. The first kappa shape index (κ1) is 18.7. The molecular formula is C22H25N3O2. The molecule has 1 N–H and O–H groups in total. The first-order valence-corrected chi connectivity index (χ1v) is 9.23. The number of benzene rings is 2. The molecule has 5 nitrogen and oxygen atoms in total. The van der Waals surface area contributed by atoms with E-state index in [-0.39, 0.29) is 12.1 Å². The van der Waals surface area contributed by atoms with E-state index in [1.807, 2.05) is 54.6 Å². The maximum absolute atomic E-state index is 12.7. The van der Waals surface area contributed by atoms with Gasteiger partial charge < -0.3 is 15.1 Å². The van der Waals surface area contributed by atoms with Gasteiger partial charge in [0, 0.05) is 18.7 Å². The fourth-order valence-electron chi connectivity index (χ4n) is 3.00. The number of carbonyl (C=O) groups excluding carboxylic acids is 1. The van der Waals surface area contributed by atoms with Gasteiger partial charge in [0.25, 0.3) is 0 Å². The third-order valence-electron chi connectivity index (χ3n) is 4.51. The molecule has 1 atom stereocenters. The van der Waals surface area contributed by atoms with Crippen LogP contribution in [0.5, 0.6) is 0 Å². The lowest BCUT2D eigenvalue weighted by Crippen LogP contribution is -2.40. The summed E-state index contributed by atoms with van der Waals surface area (Å²) in [5.74, 6) is 0. The molecule has 1 heterocycles. The molecule has 2 aromatic carbocycles. The Morgan fingerprint density at radius 1 is 1.26 bits per heavy atom. The van der Waals surface area contributed by atoms with Crippen molar-refractivity contribution in [2.45, 2.75) is 25.9 Å². The van der Waals surface area contributed by atoms with Gasteiger partial charge in [-0.15, -0.1) is 6.58 Å². The van der Waals surface area contributed by atoms with E-state index in [2.05, 4.69) is 24.0 Å². The first-order valence-electron chi connectivity index (χ1n) is 9.23. The lowest BCUT2D eigenvalue weighted by Gasteiger charge is -2.24. The quantitative estimate of drug-likeness (QED) is 0.738. The van der Waals surface area contributed by atoms with Crippen molar-refractivity contribution in [2.24, 2.45) is 5.16 Å². The molecule has 0 aliphatic carbocycles. The topological polar surface area (TPSA) is 53.9 Å². The smallest absolute Gasteiger partial charge is 0.322 e. The van der Waals surface area contributed by atoms with Crippen LogP contribution in [0.25, 0.3) is 0 Å². The molecule has 3 rings (SSSR count). The Hall–Kier alpha value is -3.08. The summed E-state index contributed by atoms with van der Waals surface area (Å²) in [5.41, 5.74) is 3.98. The summed E-state index contributed by atoms with van der Waals surface area (Å²) in [5, 5.41) is 7.14. The van der Waals surface area contributed by atoms with E-state index in [9.17, 15) is 4.79 Å². The second-order valence-corrected chi connectivity index (χ2v) is 6.51. The van der Waals surface area contributed by atoms with E-state index in [4.69, 9.17) is 4.84 Å². The maximum atomic E-state index is 12.7. The summed E-state index contributed by atoms with van der Waals surface area (Å²) in [6.45, 7) is 6.76. The van der Waals surface area contributed by atoms with Crippen LogP contribution in [0.3, 0.4) is 0 Å². The molecule has 2 aromatic rings. The summed E-state index contributed by atoms with van der Waals surface area (Å²) >= 11 is 0. The van der Waals surface area contributed by atoms with E-state index < -0.39 is 0 Å². The zero-order valence-electron chi connectivity index (χ0n) is 15.6. The lowest BCUT2D eigenvalue weighted by atomic mass is 10.1. The molecule has 0 unspecified atom stereocenters. The van der Waals surface area contributed by atoms with Gasteiger partial charge in [0.15, 0.2) is 6.10 Å². The molecule has 2 amide bonds. The summed E-state index contributed by atoms with van der Waals surface area (Å²) in [4.78, 5) is 19.9. The van der Waals surface area contributed by atoms with Gasteiger partial charge in [-0.3, -0.25) is 0 Å². The number of carbonyl (C=O) groups is 1. The van der Waals surface area contributed by atoms with Crippen LogP contribution in [-0.4, -0.2) is 35.8 Å². The predicted molar refractivity (Wildman–Crippen MR) is 109 cm³/mol. The molecule has 140 valence electrons. The molecule has 0 bridgehead atoms. The number of hydrogen-bond donors (Lipinski definition) is 1. The van der Waals surface area contributed by atoms with E-state index in [1.165, 1.54) is 5.56 Å². The summed E-state index contributed by atoms with van der Waals surface area (Å²) in [6, 6.07) is 17.7. The largest absolute Gasteiger partial charge is 0.390 e. The maximum Gasteiger partial charge on any atom is 0.322 e. The number of nitrogens with zero attached hydrogens (tertiary/aromatic N) is 2. The van der Waals surface area contributed by atoms with Crippen molar-refractivity contribution in [1.29, 1.82) is 0 Å². The van der Waals surface area contributed by atoms with Crippen LogP contribution in [0.2, 0.25) is 0 Å². The number of nitrogens with one attached hydrogen (secondary N) is 1. The van der Waals surface area contributed by atoms with Crippen LogP contribution < -0.4 is 5.32 Å². The van der Waals surface area contributed by atoms with Crippen molar-refractivity contribution < 1.29 is 9.63 Å². The molecular weight excluding hydrogens is 338 g/mol. The number of rotatable bonds is 7. The highest BCUT2D eigenvalue weighted by Gasteiger charge is 2.26. The fourth-order valence-corrected chi connectivity index (χ4v) is 3.00. The Morgan fingerprint density at radius 2 is 2.00 bits per heavy atom. The predicted octanol–water partition coefficient (Wildman–Crippen LogP) is 4.46. The molecule has 0 aromatic heterocycles. The molecule has 0 spiro atoms. The summed E-state index contributed by atoms with van der Waals surface area (Å²) in [7, 11) is 0. The van der Waals surface area contributed by atoms with Crippen molar-refractivity contribution in [1.82, 2.24) is 4.90 Å². The van der Waals surface area contributed by atoms with Crippen molar-refractivity contribution >= 4 is 17.4 Å². The van der Waals surface area contributed by atoms with Crippen LogP contribution in [0.15, 0.2) is 72.4 Å². The Bertz CT molecular complexity index is 800. The first-order chi connectivity index (χ1) is 13.2. The van der Waals surface area contributed by atoms with Crippen LogP contribution >= 0.6 is 0 Å². The molecule has 1 aliphatic heterocycles. The molecule has 0 saturated heterocycles. The van der Waals surface area contributed by atoms with Crippen molar-refractivity contribution in [2.75, 3.05) is 18.4 Å². The van der Waals surface area contributed by atoms with Crippen molar-refractivity contribution in [3.8, 4) is 0 Å². The van der Waals surface area contributed by atoms with E-state index in [0.29, 0.717) is 19.5 Å². The number of amides is 2. The lowest BCUT2D eigenvalue weighted by molar-refractivity contribution is 0.0645. The molecule has 5 heteroatoms. The minimum Gasteiger partial charge on any atom is -0.390 e. The third-order valence-corrected chi connectivity index (χ3v) is 4.51. The summed E-state index contributed by atoms with van der Waals surface area (Å²) in [6.07, 6.45) is 3.21. The van der Waals surface area contributed by atoms with Crippen LogP contribution in [-0.2, 0) is 11.3 Å². The third kappa shape index (κ3) is 4.97. The Morgan fingerprint density at radius 3 is 2.67 bits per heavy atom. The molecule has 27 heavy (non-hydrogen) atoms. The minimum absolute atomic E-state index is 0.159. The van der Waals surface area contributed by atoms with Gasteiger partial charge in [0.2, 0.25) is 0 Å². The van der Waals surface area contributed by atoms with Gasteiger partial charge >= 0.3 is 6.03 Å². The SMILES string of the molecule is C=CCN(C[C@H]1CC(c2ccccc2)=NO1)C(=O)Nc1ccc(CC)cc1. The van der Waals surface area contributed by atoms with Crippen molar-refractivity contribution in [3.05, 3.63) is 78.4 Å². The number of oxime groups is 1. The Labute approximate surface area is 160 Å². The monoisotopic (exact) mass is 363 g/mol. The van der Waals surface area contributed by atoms with Crippen LogP contribution in [0.1, 0.15) is 24.5 Å². The van der Waals surface area contributed by atoms with Crippen LogP contribution in [0.4, 0.5) is 10.5 Å². The average molecular weight is 363 g/mol. The van der Waals surface area contributed by atoms with E-state index in [0.717, 1.165) is 23.4 Å². The highest BCUT2D eigenvalue weighted by Crippen LogP contribution is 2.18. The van der Waals surface area contributed by atoms with Gasteiger partial charge in [-0.05, 0) is 29.7 Å². The standard InChI is InChI=1S/C22H25N3O2/c1-3-14-25(22(26)23-19-12-10-17(4-2)11-13-19)16-20-15-21(24-27-20)18-8-6-5-7-9-18/h3,5-13,20H,1,4,14-16H2,2H3,(H,23,26)/t20-/m1/s1.